The number of fused-ring (bicyclic) bond motifs is 2. The molecule has 0 fully saturated rings. The molecule has 470 valence electrons. The highest BCUT2D eigenvalue weighted by molar-refractivity contribution is 7.59. The Balaban J connectivity index is 0.000000778. The summed E-state index contributed by atoms with van der Waals surface area (Å²) >= 11 is 5.61. The molecule has 0 aliphatic rings. The molecular weight excluding hydrogens is 1180 g/mol. The summed E-state index contributed by atoms with van der Waals surface area (Å²) in [7, 11) is -8.23. The number of imidazole rings is 2. The Morgan fingerprint density at radius 1 is 0.634 bits per heavy atom. The second kappa shape index (κ2) is 32.4. The van der Waals surface area contributed by atoms with Crippen molar-refractivity contribution in [2.75, 3.05) is 44.0 Å². The molecule has 2 atom stereocenters. The molecule has 3 aromatic heterocycles. The van der Waals surface area contributed by atoms with Gasteiger partial charge in [0, 0.05) is 19.3 Å². The molecule has 1 aromatic carbocycles. The van der Waals surface area contributed by atoms with Gasteiger partial charge >= 0.3 is 44.0 Å². The molecule has 0 spiro atoms. The van der Waals surface area contributed by atoms with Crippen molar-refractivity contribution in [3.63, 3.8) is 0 Å². The summed E-state index contributed by atoms with van der Waals surface area (Å²) in [6.07, 6.45) is -14.0. The molecule has 0 unspecified atom stereocenters. The topological polar surface area (TPSA) is 344 Å². The third-order valence-electron chi connectivity index (χ3n) is 10.8. The van der Waals surface area contributed by atoms with E-state index in [0.717, 1.165) is 5.52 Å². The van der Waals surface area contributed by atoms with Gasteiger partial charge in [0.15, 0.2) is 11.5 Å². The van der Waals surface area contributed by atoms with Gasteiger partial charge in [-0.15, -0.1) is 11.6 Å². The van der Waals surface area contributed by atoms with Crippen LogP contribution >= 0.6 is 26.6 Å². The highest BCUT2D eigenvalue weighted by Crippen LogP contribution is 2.42. The molecular formula is C47H75ClF9N11O12P2. The lowest BCUT2D eigenvalue weighted by atomic mass is 10.1. The Hall–Kier alpha value is -4.91. The zero-order chi connectivity index (χ0) is 61.8. The Bertz CT molecular complexity index is 2670. The molecule has 4 rings (SSSR count). The molecule has 11 N–H and O–H groups in total. The van der Waals surface area contributed by atoms with E-state index < -0.39 is 105 Å². The van der Waals surface area contributed by atoms with Crippen molar-refractivity contribution in [2.24, 2.45) is 0 Å². The lowest BCUT2D eigenvalue weighted by molar-refractivity contribution is -0.151. The van der Waals surface area contributed by atoms with Crippen LogP contribution in [0.25, 0.3) is 22.2 Å². The molecule has 0 saturated carbocycles. The number of anilines is 2. The fourth-order valence-electron chi connectivity index (χ4n) is 6.80. The molecule has 0 bridgehead atoms. The zero-order valence-corrected chi connectivity index (χ0v) is 49.2. The molecule has 4 aromatic rings. The number of nitrogens with zero attached hydrogens (tertiary/aromatic N) is 6. The first kappa shape index (κ1) is 75.1. The number of aromatic nitrogens is 6. The van der Waals surface area contributed by atoms with Crippen LogP contribution in [0.2, 0.25) is 0 Å². The normalized spacial score (nSPS) is 13.5. The number of halogens is 10. The Labute approximate surface area is 473 Å². The summed E-state index contributed by atoms with van der Waals surface area (Å²) in [5, 5.41) is 5.33. The summed E-state index contributed by atoms with van der Waals surface area (Å²) < 4.78 is 164. The second-order valence-electron chi connectivity index (χ2n) is 20.1. The van der Waals surface area contributed by atoms with Crippen molar-refractivity contribution in [3.05, 3.63) is 37.2 Å². The van der Waals surface area contributed by atoms with Gasteiger partial charge in [0.05, 0.1) is 69.0 Å². The van der Waals surface area contributed by atoms with Crippen molar-refractivity contribution in [1.82, 2.24) is 45.4 Å². The predicted octanol–water partition coefficient (Wildman–Crippen LogP) is 9.85. The van der Waals surface area contributed by atoms with Crippen molar-refractivity contribution >= 4 is 78.3 Å². The molecule has 0 aliphatic heterocycles. The minimum atomic E-state index is -4.34. The van der Waals surface area contributed by atoms with Gasteiger partial charge in [-0.3, -0.25) is 23.5 Å². The molecule has 35 heteroatoms. The monoisotopic (exact) mass is 1250 g/mol. The van der Waals surface area contributed by atoms with Crippen molar-refractivity contribution in [1.29, 1.82) is 0 Å². The molecule has 82 heavy (non-hydrogen) atoms. The first-order valence-corrected chi connectivity index (χ1v) is 29.1. The van der Waals surface area contributed by atoms with Crippen molar-refractivity contribution in [3.8, 4) is 0 Å². The average Bonchev–Trinajstić information content (AvgIpc) is 3.93. The maximum absolute atomic E-state index is 14.3. The van der Waals surface area contributed by atoms with E-state index in [9.17, 15) is 63.0 Å². The van der Waals surface area contributed by atoms with Crippen LogP contribution in [0.15, 0.2) is 37.2 Å². The Kier molecular flexibility index (Phi) is 29.7. The molecule has 23 nitrogen and oxygen atoms in total. The van der Waals surface area contributed by atoms with Crippen LogP contribution < -0.4 is 27.8 Å². The van der Waals surface area contributed by atoms with Gasteiger partial charge in [0.2, 0.25) is 7.44 Å². The van der Waals surface area contributed by atoms with Crippen LogP contribution in [0, 0.1) is 0 Å². The molecule has 0 aliphatic carbocycles. The number of carbonyl (C=O) groups excluding carboxylic acids is 3. The number of hydrogen-bond donors (Lipinski definition) is 7. The first-order chi connectivity index (χ1) is 37.0. The van der Waals surface area contributed by atoms with Crippen LogP contribution in [-0.2, 0) is 60.3 Å². The van der Waals surface area contributed by atoms with Crippen molar-refractivity contribution in [2.45, 2.75) is 173 Å². The number of ether oxygens (including phenoxy) is 5. The van der Waals surface area contributed by atoms with Crippen LogP contribution in [0.3, 0.4) is 0 Å². The Morgan fingerprint density at radius 3 is 1.49 bits per heavy atom. The number of rotatable bonds is 29. The number of para-hydroxylation sites is 1. The minimum absolute atomic E-state index is 0. The van der Waals surface area contributed by atoms with Crippen LogP contribution in [0.4, 0.5) is 51.0 Å². The number of nitrogens with one attached hydrogen (secondary N) is 2. The number of unbranched alkanes of at least 4 members (excludes halogenated alkanes) is 3. The molecule has 0 radical (unpaired) electrons. The van der Waals surface area contributed by atoms with Crippen LogP contribution in [-0.4, -0.2) is 136 Å². The van der Waals surface area contributed by atoms with Gasteiger partial charge in [-0.25, -0.2) is 30.1 Å². The van der Waals surface area contributed by atoms with E-state index in [-0.39, 0.29) is 83.0 Å². The molecule has 3 heterocycles. The van der Waals surface area contributed by atoms with E-state index in [2.05, 4.69) is 34.8 Å². The molecule has 0 amide bonds. The largest absolute Gasteiger partial charge is 0.464 e. The average molecular weight is 1250 g/mol. The van der Waals surface area contributed by atoms with E-state index >= 15 is 0 Å². The third-order valence-corrected chi connectivity index (χ3v) is 13.8. The summed E-state index contributed by atoms with van der Waals surface area (Å²) in [5.74, 6) is -2.29. The van der Waals surface area contributed by atoms with Gasteiger partial charge in [0.25, 0.3) is 0 Å². The minimum Gasteiger partial charge on any atom is -0.464 e. The number of alkyl halides is 10. The number of esters is 3. The highest BCUT2D eigenvalue weighted by atomic mass is 35.5. The van der Waals surface area contributed by atoms with Crippen molar-refractivity contribution < 1.29 is 96.5 Å². The van der Waals surface area contributed by atoms with E-state index in [1.807, 2.05) is 16.7 Å². The number of carbonyl (C=O) groups is 3. The lowest BCUT2D eigenvalue weighted by Gasteiger charge is -2.35. The highest BCUT2D eigenvalue weighted by Gasteiger charge is 2.43. The maximum atomic E-state index is 14.3. The van der Waals surface area contributed by atoms with Gasteiger partial charge in [-0.1, -0.05) is 6.07 Å². The smallest absolute Gasteiger partial charge is 0.389 e. The summed E-state index contributed by atoms with van der Waals surface area (Å²) in [4.78, 5) is 69.6. The SMILES string of the molecule is CC(C)(Cl)C(=O)OCCCCC(F)(F)F.C[C@H](Cn1cnc2c(N)cccc21)OCP(=O)(O)O.C[C@H](Cn1cnc2c(N)ncnc21)OCP(=O)(NC(C)(C)C(=O)OCCCCC(F)(F)F)NC(C)(C)C(=O)OCCCCC(F)(F)F.N. The summed E-state index contributed by atoms with van der Waals surface area (Å²) in [6, 6.07) is 5.48. The predicted molar refractivity (Wildman–Crippen MR) is 286 cm³/mol. The number of nitrogen functional groups attached to an aromatic ring is 2. The third kappa shape index (κ3) is 29.6. The van der Waals surface area contributed by atoms with Gasteiger partial charge < -0.3 is 60.2 Å². The summed E-state index contributed by atoms with van der Waals surface area (Å²) in [5.41, 5.74) is 11.2. The van der Waals surface area contributed by atoms with Gasteiger partial charge in [-0.05, 0) is 106 Å². The first-order valence-electron chi connectivity index (χ1n) is 25.0. The van der Waals surface area contributed by atoms with Gasteiger partial charge in [-0.2, -0.15) is 39.5 Å². The van der Waals surface area contributed by atoms with E-state index in [0.29, 0.717) is 28.9 Å². The fourth-order valence-corrected chi connectivity index (χ4v) is 9.94. The fraction of sp³-hybridized carbons (Fsp3) is 0.681. The summed E-state index contributed by atoms with van der Waals surface area (Å²) in [6.45, 7) is 11.6. The zero-order valence-electron chi connectivity index (χ0n) is 46.6. The quantitative estimate of drug-likeness (QED) is 0.00505. The molecule has 0 saturated heterocycles. The number of nitrogens with two attached hydrogens (primary N) is 2. The Morgan fingerprint density at radius 2 is 1.05 bits per heavy atom. The number of benzene rings is 1. The lowest BCUT2D eigenvalue weighted by Crippen LogP contribution is -2.54. The maximum Gasteiger partial charge on any atom is 0.389 e. The van der Waals surface area contributed by atoms with E-state index in [4.69, 9.17) is 51.8 Å². The number of hydrogen-bond acceptors (Lipinski definition) is 17. The van der Waals surface area contributed by atoms with E-state index in [1.165, 1.54) is 54.2 Å². The van der Waals surface area contributed by atoms with Crippen LogP contribution in [0.5, 0.6) is 0 Å². The second-order valence-corrected chi connectivity index (χ2v) is 24.8. The van der Waals surface area contributed by atoms with Crippen LogP contribution in [0.1, 0.15) is 113 Å². The van der Waals surface area contributed by atoms with E-state index in [1.54, 1.807) is 30.8 Å². The van der Waals surface area contributed by atoms with Gasteiger partial charge in [0.1, 0.15) is 46.0 Å². The standard InChI is InChI=1S/C27H42F6N7O6P.C11H16N3O4P.C9H14ClF3O2.H3N/c1-18(14-40-16-37-19-20(34)35-15-36-21(19)40)46-17-47(43,38-24(2,3)22(41)44-12-8-6-10-26(28,29)30)39-25(4,5)23(42)45-13-9-7-11-27(31,32)33;1-8(18-7-19(15,16)17)5-14-6-13-11-9(12)3-2-4-10(11)14;1-8(2,10)7(14)15-6-4-3-5-9(11,12)13;/h15-16,18H,6-14,17H2,1-5H3,(H2,34,35,36)(H2,38,39,43);2-4,6,8H,5,7,12H2,1H3,(H2,15,16,17);3-6H2,1-2H3;1H3/t18-;8-;;/m11../s1.